The Morgan fingerprint density at radius 1 is 1.04 bits per heavy atom. The second-order valence-corrected chi connectivity index (χ2v) is 5.82. The molecule has 2 N–H and O–H groups in total. The van der Waals surface area contributed by atoms with E-state index in [1.54, 1.807) is 42.5 Å². The fraction of sp³-hybridized carbons (Fsp3) is 0.200. The minimum absolute atomic E-state index is 0.115. The number of carbonyl (C=O) groups excluding carboxylic acids is 1. The number of rotatable bonds is 6. The predicted octanol–water partition coefficient (Wildman–Crippen LogP) is 3.25. The zero-order valence-corrected chi connectivity index (χ0v) is 14.7. The number of H-pyrrole nitrogens is 1. The molecule has 0 saturated carbocycles. The summed E-state index contributed by atoms with van der Waals surface area (Å²) in [5.41, 5.74) is 2.00. The number of hydrogen-bond acceptors (Lipinski definition) is 4. The molecule has 0 aliphatic carbocycles. The molecule has 0 unspecified atom stereocenters. The summed E-state index contributed by atoms with van der Waals surface area (Å²) in [6, 6.07) is 14.0. The van der Waals surface area contributed by atoms with E-state index in [-0.39, 0.29) is 18.1 Å². The molecule has 0 aliphatic rings. The van der Waals surface area contributed by atoms with Crippen molar-refractivity contribution in [1.82, 2.24) is 4.98 Å². The van der Waals surface area contributed by atoms with E-state index in [2.05, 4.69) is 10.3 Å². The molecule has 0 atom stereocenters. The van der Waals surface area contributed by atoms with E-state index in [0.29, 0.717) is 23.6 Å². The molecular weight excluding hydrogens is 332 g/mol. The fourth-order valence-corrected chi connectivity index (χ4v) is 2.66. The number of pyridine rings is 1. The molecule has 0 bridgehead atoms. The van der Waals surface area contributed by atoms with Crippen LogP contribution < -0.4 is 20.3 Å². The second kappa shape index (κ2) is 7.74. The van der Waals surface area contributed by atoms with E-state index in [9.17, 15) is 9.59 Å². The number of nitrogens with one attached hydrogen (secondary N) is 2. The molecule has 3 rings (SSSR count). The average Bonchev–Trinajstić information content (AvgIpc) is 2.61. The van der Waals surface area contributed by atoms with Gasteiger partial charge in [0.25, 0.3) is 5.91 Å². The van der Waals surface area contributed by atoms with Crippen LogP contribution in [0.15, 0.2) is 53.3 Å². The molecular formula is C20H20N2O4. The van der Waals surface area contributed by atoms with Gasteiger partial charge >= 0.3 is 0 Å². The van der Waals surface area contributed by atoms with Gasteiger partial charge in [-0.2, -0.15) is 0 Å². The molecule has 134 valence electrons. The molecule has 1 amide bonds. The third kappa shape index (κ3) is 4.22. The first-order chi connectivity index (χ1) is 12.5. The summed E-state index contributed by atoms with van der Waals surface area (Å²) in [4.78, 5) is 26.5. The minimum Gasteiger partial charge on any atom is -0.494 e. The van der Waals surface area contributed by atoms with Crippen molar-refractivity contribution in [3.05, 3.63) is 64.4 Å². The molecule has 26 heavy (non-hydrogen) atoms. The minimum atomic E-state index is -0.284. The number of anilines is 1. The van der Waals surface area contributed by atoms with Crippen LogP contribution in [0.5, 0.6) is 11.5 Å². The van der Waals surface area contributed by atoms with Crippen LogP contribution in [0, 0.1) is 6.92 Å². The molecule has 0 saturated heterocycles. The lowest BCUT2D eigenvalue weighted by Gasteiger charge is -2.09. The lowest BCUT2D eigenvalue weighted by atomic mass is 10.1. The number of fused-ring (bicyclic) bond motifs is 1. The molecule has 1 aromatic heterocycles. The number of benzene rings is 2. The van der Waals surface area contributed by atoms with Crippen molar-refractivity contribution in [2.24, 2.45) is 0 Å². The molecule has 0 spiro atoms. The first-order valence-corrected chi connectivity index (χ1v) is 8.34. The SMILES string of the molecule is CCOc1ccc(OCC(=O)Nc2ccc3c(C)cc(=O)[nH]c3c2)cc1. The van der Waals surface area contributed by atoms with Gasteiger partial charge in [-0.3, -0.25) is 9.59 Å². The van der Waals surface area contributed by atoms with Crippen molar-refractivity contribution < 1.29 is 14.3 Å². The Morgan fingerprint density at radius 2 is 1.73 bits per heavy atom. The summed E-state index contributed by atoms with van der Waals surface area (Å²) in [6.07, 6.45) is 0. The first-order valence-electron chi connectivity index (χ1n) is 8.34. The Hall–Kier alpha value is -3.28. The Labute approximate surface area is 150 Å². The maximum absolute atomic E-state index is 12.1. The normalized spacial score (nSPS) is 10.5. The van der Waals surface area contributed by atoms with E-state index in [1.165, 1.54) is 0 Å². The predicted molar refractivity (Wildman–Crippen MR) is 101 cm³/mol. The number of aromatic nitrogens is 1. The highest BCUT2D eigenvalue weighted by Crippen LogP contribution is 2.20. The van der Waals surface area contributed by atoms with Gasteiger partial charge < -0.3 is 19.8 Å². The highest BCUT2D eigenvalue weighted by Gasteiger charge is 2.06. The smallest absolute Gasteiger partial charge is 0.262 e. The Kier molecular flexibility index (Phi) is 5.22. The molecule has 3 aromatic rings. The highest BCUT2D eigenvalue weighted by atomic mass is 16.5. The Morgan fingerprint density at radius 3 is 2.42 bits per heavy atom. The summed E-state index contributed by atoms with van der Waals surface area (Å²) in [7, 11) is 0. The van der Waals surface area contributed by atoms with Gasteiger partial charge in [0.15, 0.2) is 6.61 Å². The van der Waals surface area contributed by atoms with Crippen LogP contribution in [0.3, 0.4) is 0 Å². The van der Waals surface area contributed by atoms with Crippen LogP contribution >= 0.6 is 0 Å². The number of aromatic amines is 1. The van der Waals surface area contributed by atoms with Crippen LogP contribution in [-0.4, -0.2) is 24.1 Å². The van der Waals surface area contributed by atoms with E-state index in [1.807, 2.05) is 19.9 Å². The molecule has 0 aliphatic heterocycles. The first kappa shape index (κ1) is 17.5. The fourth-order valence-electron chi connectivity index (χ4n) is 2.66. The van der Waals surface area contributed by atoms with Crippen LogP contribution in [-0.2, 0) is 4.79 Å². The zero-order valence-electron chi connectivity index (χ0n) is 14.7. The summed E-state index contributed by atoms with van der Waals surface area (Å²) in [5, 5.41) is 3.70. The van der Waals surface area contributed by atoms with Crippen molar-refractivity contribution in [2.75, 3.05) is 18.5 Å². The lowest BCUT2D eigenvalue weighted by molar-refractivity contribution is -0.118. The van der Waals surface area contributed by atoms with Crippen LogP contribution in [0.4, 0.5) is 5.69 Å². The standard InChI is InChI=1S/C20H20N2O4/c1-3-25-15-5-7-16(8-6-15)26-12-20(24)21-14-4-9-17-13(2)10-19(23)22-18(17)11-14/h4-11H,3,12H2,1-2H3,(H,21,24)(H,22,23). The molecule has 0 radical (unpaired) electrons. The molecule has 6 nitrogen and oxygen atoms in total. The van der Waals surface area contributed by atoms with E-state index in [4.69, 9.17) is 9.47 Å². The van der Waals surface area contributed by atoms with Gasteiger partial charge in [-0.05, 0) is 55.8 Å². The summed E-state index contributed by atoms with van der Waals surface area (Å²) in [6.45, 7) is 4.27. The topological polar surface area (TPSA) is 80.4 Å². The van der Waals surface area contributed by atoms with Gasteiger partial charge in [0.1, 0.15) is 11.5 Å². The maximum atomic E-state index is 12.1. The molecule has 6 heteroatoms. The van der Waals surface area contributed by atoms with Crippen LogP contribution in [0.1, 0.15) is 12.5 Å². The number of ether oxygens (including phenoxy) is 2. The van der Waals surface area contributed by atoms with Gasteiger partial charge in [-0.1, -0.05) is 6.07 Å². The van der Waals surface area contributed by atoms with Crippen molar-refractivity contribution in [2.45, 2.75) is 13.8 Å². The summed E-state index contributed by atoms with van der Waals surface area (Å²) < 4.78 is 10.8. The monoisotopic (exact) mass is 352 g/mol. The van der Waals surface area contributed by atoms with Crippen molar-refractivity contribution in [3.8, 4) is 11.5 Å². The molecule has 1 heterocycles. The summed E-state index contributed by atoms with van der Waals surface area (Å²) >= 11 is 0. The second-order valence-electron chi connectivity index (χ2n) is 5.82. The van der Waals surface area contributed by atoms with Crippen molar-refractivity contribution in [1.29, 1.82) is 0 Å². The number of carbonyl (C=O) groups is 1. The Bertz CT molecular complexity index is 977. The van der Waals surface area contributed by atoms with Crippen molar-refractivity contribution >= 4 is 22.5 Å². The van der Waals surface area contributed by atoms with Crippen LogP contribution in [0.25, 0.3) is 10.9 Å². The quantitative estimate of drug-likeness (QED) is 0.714. The van der Waals surface area contributed by atoms with E-state index >= 15 is 0 Å². The summed E-state index contributed by atoms with van der Waals surface area (Å²) in [5.74, 6) is 1.06. The van der Waals surface area contributed by atoms with Gasteiger partial charge in [0, 0.05) is 17.1 Å². The maximum Gasteiger partial charge on any atom is 0.262 e. The number of aryl methyl sites for hydroxylation is 1. The lowest BCUT2D eigenvalue weighted by Crippen LogP contribution is -2.20. The number of hydrogen-bond donors (Lipinski definition) is 2. The molecule has 2 aromatic carbocycles. The van der Waals surface area contributed by atoms with E-state index in [0.717, 1.165) is 16.7 Å². The average molecular weight is 352 g/mol. The van der Waals surface area contributed by atoms with Gasteiger partial charge in [0.05, 0.1) is 12.1 Å². The van der Waals surface area contributed by atoms with Gasteiger partial charge in [0.2, 0.25) is 5.56 Å². The zero-order chi connectivity index (χ0) is 18.5. The largest absolute Gasteiger partial charge is 0.494 e. The third-order valence-electron chi connectivity index (χ3n) is 3.84. The van der Waals surface area contributed by atoms with E-state index < -0.39 is 0 Å². The van der Waals surface area contributed by atoms with Crippen molar-refractivity contribution in [3.63, 3.8) is 0 Å². The van der Waals surface area contributed by atoms with Gasteiger partial charge in [-0.15, -0.1) is 0 Å². The molecule has 0 fully saturated rings. The van der Waals surface area contributed by atoms with Crippen LogP contribution in [0.2, 0.25) is 0 Å². The Balaban J connectivity index is 1.62. The highest BCUT2D eigenvalue weighted by molar-refractivity contribution is 5.94. The third-order valence-corrected chi connectivity index (χ3v) is 3.84. The van der Waals surface area contributed by atoms with Gasteiger partial charge in [-0.25, -0.2) is 0 Å². The number of amides is 1.